The molecule has 3 aromatic rings. The van der Waals surface area contributed by atoms with E-state index >= 15 is 0 Å². The molecule has 0 radical (unpaired) electrons. The number of hydrogen-bond donors (Lipinski definition) is 2. The average molecular weight is 392 g/mol. The average Bonchev–Trinajstić information content (AvgIpc) is 3.20. The van der Waals surface area contributed by atoms with E-state index in [1.54, 1.807) is 25.3 Å². The summed E-state index contributed by atoms with van der Waals surface area (Å²) < 4.78 is 6.63. The van der Waals surface area contributed by atoms with Crippen molar-refractivity contribution < 1.29 is 9.21 Å². The van der Waals surface area contributed by atoms with Crippen LogP contribution in [0.1, 0.15) is 18.2 Å². The van der Waals surface area contributed by atoms with Gasteiger partial charge in [0.05, 0.1) is 17.1 Å². The number of aromatic nitrogens is 3. The minimum atomic E-state index is -0.401. The molecule has 1 amide bonds. The molecule has 0 spiro atoms. The second-order valence-corrected chi connectivity index (χ2v) is 7.35. The van der Waals surface area contributed by atoms with Crippen LogP contribution in [0.3, 0.4) is 0 Å². The first-order valence-electron chi connectivity index (χ1n) is 7.90. The minimum Gasteiger partial charge on any atom is -0.469 e. The Kier molecular flexibility index (Phi) is 5.53. The Hall–Kier alpha value is -2.45. The highest BCUT2D eigenvalue weighted by Gasteiger charge is 2.21. The molecule has 0 saturated carbocycles. The number of carbonyl (C=O) groups excluding carboxylic acids is 1. The fraction of sp³-hybridized carbons (Fsp3) is 0.235. The molecule has 2 aromatic heterocycles. The van der Waals surface area contributed by atoms with Crippen LogP contribution < -0.4 is 11.2 Å². The Morgan fingerprint density at radius 1 is 1.38 bits per heavy atom. The van der Waals surface area contributed by atoms with E-state index in [4.69, 9.17) is 21.9 Å². The molecule has 0 aliphatic heterocycles. The van der Waals surface area contributed by atoms with Crippen LogP contribution in [-0.2, 0) is 11.3 Å². The monoisotopic (exact) mass is 391 g/mol. The van der Waals surface area contributed by atoms with E-state index in [0.717, 1.165) is 11.1 Å². The number of nitrogens with two attached hydrogens (primary N) is 1. The van der Waals surface area contributed by atoms with Crippen LogP contribution in [-0.4, -0.2) is 26.0 Å². The van der Waals surface area contributed by atoms with Gasteiger partial charge >= 0.3 is 0 Å². The zero-order chi connectivity index (χ0) is 18.7. The van der Waals surface area contributed by atoms with Gasteiger partial charge in [-0.05, 0) is 31.5 Å². The van der Waals surface area contributed by atoms with Crippen molar-refractivity contribution in [2.45, 2.75) is 30.8 Å². The standard InChI is InChI=1S/C17H18ClN5O2S/c1-10-13(7-8-25-10)15-21-22-17(23(15)19)26-11(2)16(24)20-9-12-5-3-4-6-14(12)18/h3-8,11H,9,19H2,1-2H3,(H,20,24). The molecular formula is C17H18ClN5O2S. The van der Waals surface area contributed by atoms with Gasteiger partial charge in [0.2, 0.25) is 11.1 Å². The minimum absolute atomic E-state index is 0.140. The lowest BCUT2D eigenvalue weighted by atomic mass is 10.2. The van der Waals surface area contributed by atoms with Crippen LogP contribution in [0.15, 0.2) is 46.2 Å². The topological polar surface area (TPSA) is 99.0 Å². The number of nitrogen functional groups attached to an aromatic ring is 1. The first-order chi connectivity index (χ1) is 12.5. The lowest BCUT2D eigenvalue weighted by Gasteiger charge is -2.12. The summed E-state index contributed by atoms with van der Waals surface area (Å²) in [6.45, 7) is 3.96. The maximum absolute atomic E-state index is 12.3. The number of nitrogens with zero attached hydrogens (tertiary/aromatic N) is 3. The van der Waals surface area contributed by atoms with Gasteiger partial charge in [-0.15, -0.1) is 10.2 Å². The van der Waals surface area contributed by atoms with E-state index in [1.807, 2.05) is 25.1 Å². The lowest BCUT2D eigenvalue weighted by Crippen LogP contribution is -2.31. The molecule has 0 saturated heterocycles. The van der Waals surface area contributed by atoms with Crippen molar-refractivity contribution >= 4 is 29.3 Å². The summed E-state index contributed by atoms with van der Waals surface area (Å²) in [7, 11) is 0. The summed E-state index contributed by atoms with van der Waals surface area (Å²) in [5, 5.41) is 11.7. The molecule has 0 bridgehead atoms. The lowest BCUT2D eigenvalue weighted by molar-refractivity contribution is -0.120. The Balaban J connectivity index is 1.64. The van der Waals surface area contributed by atoms with E-state index in [9.17, 15) is 4.79 Å². The predicted octanol–water partition coefficient (Wildman–Crippen LogP) is 3.01. The fourth-order valence-corrected chi connectivity index (χ4v) is 3.33. The Labute approximate surface area is 159 Å². The summed E-state index contributed by atoms with van der Waals surface area (Å²) in [5.74, 6) is 7.13. The van der Waals surface area contributed by atoms with Crippen molar-refractivity contribution in [3.63, 3.8) is 0 Å². The molecule has 136 valence electrons. The summed E-state index contributed by atoms with van der Waals surface area (Å²) in [4.78, 5) is 12.3. The van der Waals surface area contributed by atoms with E-state index in [-0.39, 0.29) is 5.91 Å². The number of hydrogen-bond acceptors (Lipinski definition) is 6. The molecular weight excluding hydrogens is 374 g/mol. The first kappa shape index (κ1) is 18.3. The van der Waals surface area contributed by atoms with Gasteiger partial charge in [-0.25, -0.2) is 4.68 Å². The summed E-state index contributed by atoms with van der Waals surface area (Å²) >= 11 is 7.33. The highest BCUT2D eigenvalue weighted by molar-refractivity contribution is 8.00. The molecule has 9 heteroatoms. The predicted molar refractivity (Wildman–Crippen MR) is 101 cm³/mol. The van der Waals surface area contributed by atoms with Crippen molar-refractivity contribution in [1.82, 2.24) is 20.2 Å². The highest BCUT2D eigenvalue weighted by Crippen LogP contribution is 2.27. The molecule has 7 nitrogen and oxygen atoms in total. The number of amides is 1. The fourth-order valence-electron chi connectivity index (χ4n) is 2.34. The van der Waals surface area contributed by atoms with Gasteiger partial charge in [0.15, 0.2) is 5.82 Å². The van der Waals surface area contributed by atoms with Crippen molar-refractivity contribution in [1.29, 1.82) is 0 Å². The number of aryl methyl sites for hydroxylation is 1. The number of furan rings is 1. The SMILES string of the molecule is Cc1occc1-c1nnc(SC(C)C(=O)NCc2ccccc2Cl)n1N. The van der Waals surface area contributed by atoms with Crippen LogP contribution in [0.5, 0.6) is 0 Å². The Morgan fingerprint density at radius 2 is 2.15 bits per heavy atom. The van der Waals surface area contributed by atoms with Crippen molar-refractivity contribution in [3.05, 3.63) is 52.9 Å². The van der Waals surface area contributed by atoms with Crippen molar-refractivity contribution in [3.8, 4) is 11.4 Å². The third-order valence-electron chi connectivity index (χ3n) is 3.83. The molecule has 1 atom stereocenters. The van der Waals surface area contributed by atoms with Crippen LogP contribution in [0.2, 0.25) is 5.02 Å². The third-order valence-corrected chi connectivity index (χ3v) is 5.25. The molecule has 1 aromatic carbocycles. The maximum Gasteiger partial charge on any atom is 0.233 e. The van der Waals surface area contributed by atoms with Crippen molar-refractivity contribution in [2.75, 3.05) is 5.84 Å². The summed E-state index contributed by atoms with van der Waals surface area (Å²) in [5.41, 5.74) is 1.63. The molecule has 1 unspecified atom stereocenters. The van der Waals surface area contributed by atoms with E-state index < -0.39 is 5.25 Å². The zero-order valence-electron chi connectivity index (χ0n) is 14.3. The second kappa shape index (κ2) is 7.84. The number of carbonyl (C=O) groups is 1. The Bertz CT molecular complexity index is 924. The molecule has 2 heterocycles. The number of thioether (sulfide) groups is 1. The smallest absolute Gasteiger partial charge is 0.233 e. The highest BCUT2D eigenvalue weighted by atomic mass is 35.5. The van der Waals surface area contributed by atoms with Gasteiger partial charge in [0.1, 0.15) is 5.76 Å². The van der Waals surface area contributed by atoms with Gasteiger partial charge in [-0.2, -0.15) is 0 Å². The molecule has 26 heavy (non-hydrogen) atoms. The van der Waals surface area contributed by atoms with Crippen LogP contribution >= 0.6 is 23.4 Å². The molecule has 0 aliphatic carbocycles. The maximum atomic E-state index is 12.3. The number of halogens is 1. The second-order valence-electron chi connectivity index (χ2n) is 5.64. The van der Waals surface area contributed by atoms with Gasteiger partial charge in [0.25, 0.3) is 0 Å². The summed E-state index contributed by atoms with van der Waals surface area (Å²) in [6.07, 6.45) is 1.57. The Morgan fingerprint density at radius 3 is 2.85 bits per heavy atom. The largest absolute Gasteiger partial charge is 0.469 e. The quantitative estimate of drug-likeness (QED) is 0.495. The van der Waals surface area contributed by atoms with Crippen molar-refractivity contribution in [2.24, 2.45) is 0 Å². The van der Waals surface area contributed by atoms with Gasteiger partial charge in [-0.1, -0.05) is 41.6 Å². The summed E-state index contributed by atoms with van der Waals surface area (Å²) in [6, 6.07) is 9.16. The normalized spacial score (nSPS) is 12.1. The van der Waals surface area contributed by atoms with E-state index in [0.29, 0.717) is 28.3 Å². The number of rotatable bonds is 6. The molecule has 0 fully saturated rings. The van der Waals surface area contributed by atoms with Gasteiger partial charge < -0.3 is 15.6 Å². The van der Waals surface area contributed by atoms with Gasteiger partial charge in [-0.3, -0.25) is 4.79 Å². The van der Waals surface area contributed by atoms with E-state index in [1.165, 1.54) is 16.4 Å². The first-order valence-corrected chi connectivity index (χ1v) is 9.16. The van der Waals surface area contributed by atoms with E-state index in [2.05, 4.69) is 15.5 Å². The van der Waals surface area contributed by atoms with Crippen LogP contribution in [0.25, 0.3) is 11.4 Å². The van der Waals surface area contributed by atoms with Crippen LogP contribution in [0, 0.1) is 6.92 Å². The zero-order valence-corrected chi connectivity index (χ0v) is 15.8. The number of benzene rings is 1. The molecule has 0 aliphatic rings. The molecule has 3 N–H and O–H groups in total. The molecule has 3 rings (SSSR count). The van der Waals surface area contributed by atoms with Gasteiger partial charge in [0, 0.05) is 11.6 Å². The third kappa shape index (κ3) is 3.86. The van der Waals surface area contributed by atoms with Crippen LogP contribution in [0.4, 0.5) is 0 Å². The number of nitrogens with one attached hydrogen (secondary N) is 1.